The monoisotopic (exact) mass is 676 g/mol. The van der Waals surface area contributed by atoms with E-state index in [1.54, 1.807) is 12.4 Å². The standard InChI is InChI=1S/C39H48N8O3/c1-26(2)50-34-11-8-30(23-42-34)36-32-22-31(9-10-33(32)43-44-36)47-21-15-39(38(47)49)14-20-45(25-39)24-35(48)46-18-12-28(13-19-46)27-4-6-29(7-5-27)37-40-16-3-17-41-37/h3-8,11-12,16-17,23,26,31-33,36,43-44H,9-10,13-15,18-22,24-25H2,1-2H3/t31?,32?,33?,36?,39-/m0/s1. The van der Waals surface area contributed by atoms with Crippen molar-refractivity contribution in [2.24, 2.45) is 11.3 Å². The molecule has 3 saturated heterocycles. The zero-order valence-electron chi connectivity index (χ0n) is 29.1. The highest BCUT2D eigenvalue weighted by molar-refractivity contribution is 5.86. The minimum Gasteiger partial charge on any atom is -0.475 e. The summed E-state index contributed by atoms with van der Waals surface area (Å²) in [4.78, 5) is 47.2. The van der Waals surface area contributed by atoms with Crippen LogP contribution < -0.4 is 15.6 Å². The van der Waals surface area contributed by atoms with Gasteiger partial charge in [-0.2, -0.15) is 0 Å². The largest absolute Gasteiger partial charge is 0.475 e. The number of nitrogens with one attached hydrogen (secondary N) is 2. The maximum atomic E-state index is 14.1. The third-order valence-corrected chi connectivity index (χ3v) is 11.6. The first kappa shape index (κ1) is 33.0. The first-order valence-electron chi connectivity index (χ1n) is 18.4. The van der Waals surface area contributed by atoms with E-state index in [0.29, 0.717) is 49.9 Å². The number of aromatic nitrogens is 3. The van der Waals surface area contributed by atoms with Gasteiger partial charge < -0.3 is 14.5 Å². The van der Waals surface area contributed by atoms with Crippen LogP contribution in [0.3, 0.4) is 0 Å². The van der Waals surface area contributed by atoms with Gasteiger partial charge in [-0.3, -0.25) is 19.9 Å². The van der Waals surface area contributed by atoms with Crippen molar-refractivity contribution < 1.29 is 14.3 Å². The average molecular weight is 677 g/mol. The van der Waals surface area contributed by atoms with Crippen LogP contribution in [-0.4, -0.2) is 98.9 Å². The van der Waals surface area contributed by atoms with E-state index in [1.165, 1.54) is 11.1 Å². The SMILES string of the molecule is CC(C)Oc1ccc(C2NNC3CCC(N4CC[C@]5(CCN(CC(=O)N6CC=C(c7ccc(-c8ncccn8)cc7)CC6)C5)C4=O)CC32)cn1. The molecule has 4 aliphatic heterocycles. The number of likely N-dealkylation sites (tertiary alicyclic amines) is 2. The first-order valence-corrected chi connectivity index (χ1v) is 18.4. The fourth-order valence-corrected chi connectivity index (χ4v) is 8.93. The highest BCUT2D eigenvalue weighted by Crippen LogP contribution is 2.45. The summed E-state index contributed by atoms with van der Waals surface area (Å²) in [6.07, 6.45) is 13.3. The molecule has 1 spiro atoms. The number of nitrogens with zero attached hydrogens (tertiary/aromatic N) is 6. The van der Waals surface area contributed by atoms with E-state index >= 15 is 0 Å². The molecule has 6 heterocycles. The number of benzene rings is 1. The van der Waals surface area contributed by atoms with E-state index in [4.69, 9.17) is 4.74 Å². The summed E-state index contributed by atoms with van der Waals surface area (Å²) < 4.78 is 5.75. The number of carbonyl (C=O) groups is 2. The molecule has 5 atom stereocenters. The van der Waals surface area contributed by atoms with Crippen molar-refractivity contribution in [2.45, 2.75) is 76.6 Å². The Kier molecular flexibility index (Phi) is 9.13. The predicted octanol–water partition coefficient (Wildman–Crippen LogP) is 4.25. The summed E-state index contributed by atoms with van der Waals surface area (Å²) in [5, 5.41) is 0. The number of rotatable bonds is 8. The molecule has 262 valence electrons. The molecule has 2 amide bonds. The predicted molar refractivity (Wildman–Crippen MR) is 190 cm³/mol. The second-order valence-corrected chi connectivity index (χ2v) is 15.1. The van der Waals surface area contributed by atoms with Crippen molar-refractivity contribution >= 4 is 17.4 Å². The van der Waals surface area contributed by atoms with Crippen LogP contribution in [0.1, 0.15) is 69.5 Å². The van der Waals surface area contributed by atoms with Crippen LogP contribution in [0.2, 0.25) is 0 Å². The van der Waals surface area contributed by atoms with Gasteiger partial charge in [0.15, 0.2) is 5.82 Å². The number of carbonyl (C=O) groups excluding carboxylic acids is 2. The first-order chi connectivity index (χ1) is 24.3. The van der Waals surface area contributed by atoms with Crippen LogP contribution in [0.15, 0.2) is 67.1 Å². The molecular weight excluding hydrogens is 628 g/mol. The zero-order valence-corrected chi connectivity index (χ0v) is 29.1. The van der Waals surface area contributed by atoms with Crippen LogP contribution in [-0.2, 0) is 9.59 Å². The molecule has 0 radical (unpaired) electrons. The Hall–Kier alpha value is -4.19. The molecule has 4 unspecified atom stereocenters. The third kappa shape index (κ3) is 6.54. The Morgan fingerprint density at radius 1 is 0.980 bits per heavy atom. The number of hydrogen-bond acceptors (Lipinski definition) is 9. The number of pyridine rings is 1. The van der Waals surface area contributed by atoms with Gasteiger partial charge >= 0.3 is 0 Å². The molecule has 1 aromatic carbocycles. The van der Waals surface area contributed by atoms with E-state index in [2.05, 4.69) is 72.0 Å². The van der Waals surface area contributed by atoms with Gasteiger partial charge in [-0.1, -0.05) is 36.4 Å². The molecular formula is C39H48N8O3. The van der Waals surface area contributed by atoms with Gasteiger partial charge in [-0.15, -0.1) is 0 Å². The van der Waals surface area contributed by atoms with E-state index in [-0.39, 0.29) is 29.5 Å². The smallest absolute Gasteiger partial charge is 0.237 e. The van der Waals surface area contributed by atoms with Crippen molar-refractivity contribution in [2.75, 3.05) is 39.3 Å². The van der Waals surface area contributed by atoms with Crippen molar-refractivity contribution in [1.82, 2.24) is 40.5 Å². The summed E-state index contributed by atoms with van der Waals surface area (Å²) in [7, 11) is 0. The number of fused-ring (bicyclic) bond motifs is 1. The van der Waals surface area contributed by atoms with Crippen LogP contribution >= 0.6 is 0 Å². The number of ether oxygens (including phenoxy) is 1. The van der Waals surface area contributed by atoms with Crippen molar-refractivity contribution in [3.8, 4) is 17.3 Å². The molecule has 50 heavy (non-hydrogen) atoms. The second-order valence-electron chi connectivity index (χ2n) is 15.1. The molecule has 11 nitrogen and oxygen atoms in total. The van der Waals surface area contributed by atoms with Crippen molar-refractivity contribution in [1.29, 1.82) is 0 Å². The van der Waals surface area contributed by atoms with Crippen LogP contribution in [0.5, 0.6) is 5.88 Å². The molecule has 1 aliphatic carbocycles. The molecule has 4 fully saturated rings. The summed E-state index contributed by atoms with van der Waals surface area (Å²) in [5.74, 6) is 2.21. The summed E-state index contributed by atoms with van der Waals surface area (Å²) in [6.45, 7) is 8.01. The molecule has 11 heteroatoms. The summed E-state index contributed by atoms with van der Waals surface area (Å²) in [6, 6.07) is 15.0. The van der Waals surface area contributed by atoms with Gasteiger partial charge in [0.1, 0.15) is 0 Å². The fraction of sp³-hybridized carbons (Fsp3) is 0.513. The maximum absolute atomic E-state index is 14.1. The normalized spacial score (nSPS) is 28.4. The number of hydrogen-bond donors (Lipinski definition) is 2. The van der Waals surface area contributed by atoms with E-state index in [0.717, 1.165) is 68.6 Å². The van der Waals surface area contributed by atoms with E-state index in [1.807, 2.05) is 37.1 Å². The Bertz CT molecular complexity index is 1720. The second kappa shape index (κ2) is 13.8. The van der Waals surface area contributed by atoms with Crippen LogP contribution in [0.25, 0.3) is 17.0 Å². The fourth-order valence-electron chi connectivity index (χ4n) is 8.93. The average Bonchev–Trinajstić information content (AvgIpc) is 3.85. The Morgan fingerprint density at radius 2 is 1.78 bits per heavy atom. The Labute approximate surface area is 294 Å². The highest BCUT2D eigenvalue weighted by atomic mass is 16.5. The van der Waals surface area contributed by atoms with Gasteiger partial charge in [0.05, 0.1) is 24.1 Å². The molecule has 3 aromatic rings. The maximum Gasteiger partial charge on any atom is 0.237 e. The zero-order chi connectivity index (χ0) is 34.2. The molecule has 2 aromatic heterocycles. The lowest BCUT2D eigenvalue weighted by molar-refractivity contribution is -0.139. The number of amides is 2. The van der Waals surface area contributed by atoms with Crippen LogP contribution in [0, 0.1) is 11.3 Å². The third-order valence-electron chi connectivity index (χ3n) is 11.6. The lowest BCUT2D eigenvalue weighted by atomic mass is 9.77. The van der Waals surface area contributed by atoms with Gasteiger partial charge in [0.2, 0.25) is 17.7 Å². The van der Waals surface area contributed by atoms with E-state index < -0.39 is 0 Å². The lowest BCUT2D eigenvalue weighted by Crippen LogP contribution is -2.47. The molecule has 1 saturated carbocycles. The minimum absolute atomic E-state index is 0.0880. The molecule has 0 bridgehead atoms. The minimum atomic E-state index is -0.356. The molecule has 2 N–H and O–H groups in total. The quantitative estimate of drug-likeness (QED) is 0.361. The summed E-state index contributed by atoms with van der Waals surface area (Å²) in [5.41, 5.74) is 11.3. The Morgan fingerprint density at radius 3 is 2.52 bits per heavy atom. The van der Waals surface area contributed by atoms with Crippen LogP contribution in [0.4, 0.5) is 0 Å². The molecule has 5 aliphatic rings. The molecule has 8 rings (SSSR count). The van der Waals surface area contributed by atoms with Gasteiger partial charge in [0.25, 0.3) is 0 Å². The Balaban J connectivity index is 0.841. The van der Waals surface area contributed by atoms with Gasteiger partial charge in [-0.25, -0.2) is 20.4 Å². The van der Waals surface area contributed by atoms with Gasteiger partial charge in [0, 0.05) is 68.5 Å². The van der Waals surface area contributed by atoms with Gasteiger partial charge in [-0.05, 0) is 87.6 Å². The highest BCUT2D eigenvalue weighted by Gasteiger charge is 2.53. The topological polar surface area (TPSA) is 116 Å². The van der Waals surface area contributed by atoms with Crippen molar-refractivity contribution in [3.05, 3.63) is 78.3 Å². The van der Waals surface area contributed by atoms with E-state index in [9.17, 15) is 9.59 Å². The lowest BCUT2D eigenvalue weighted by Gasteiger charge is -2.38. The number of hydrazine groups is 1. The summed E-state index contributed by atoms with van der Waals surface area (Å²) >= 11 is 0. The van der Waals surface area contributed by atoms with Crippen molar-refractivity contribution in [3.63, 3.8) is 0 Å².